The van der Waals surface area contributed by atoms with E-state index < -0.39 is 17.6 Å². The molecule has 1 amide bonds. The van der Waals surface area contributed by atoms with Gasteiger partial charge in [-0.15, -0.1) is 12.4 Å². The number of benzene rings is 1. The monoisotopic (exact) mass is 322 g/mol. The molecule has 1 aromatic carbocycles. The molecular weight excluding hydrogens is 305 g/mol. The Bertz CT molecular complexity index is 487. The Hall–Kier alpha value is -1.27. The predicted molar refractivity (Wildman–Crippen MR) is 76.7 cm³/mol. The zero-order chi connectivity index (χ0) is 14.8. The summed E-state index contributed by atoms with van der Waals surface area (Å²) in [5.74, 6) is -0.577. The van der Waals surface area contributed by atoms with Crippen LogP contribution in [0.1, 0.15) is 28.8 Å². The lowest BCUT2D eigenvalue weighted by Gasteiger charge is -2.32. The van der Waals surface area contributed by atoms with Crippen molar-refractivity contribution in [1.82, 2.24) is 10.2 Å². The van der Waals surface area contributed by atoms with Gasteiger partial charge in [-0.3, -0.25) is 4.79 Å². The molecule has 2 rings (SSSR count). The highest BCUT2D eigenvalue weighted by molar-refractivity contribution is 5.96. The minimum absolute atomic E-state index is 0. The largest absolute Gasteiger partial charge is 0.417 e. The van der Waals surface area contributed by atoms with Crippen molar-refractivity contribution in [3.63, 3.8) is 0 Å². The molecule has 1 saturated heterocycles. The van der Waals surface area contributed by atoms with Gasteiger partial charge in [0.25, 0.3) is 5.91 Å². The van der Waals surface area contributed by atoms with Crippen LogP contribution in [-0.4, -0.2) is 37.0 Å². The van der Waals surface area contributed by atoms with Gasteiger partial charge >= 0.3 is 6.18 Å². The van der Waals surface area contributed by atoms with Crippen molar-refractivity contribution in [2.45, 2.75) is 25.1 Å². The Kier molecular flexibility index (Phi) is 6.04. The lowest BCUT2D eigenvalue weighted by atomic mass is 10.0. The van der Waals surface area contributed by atoms with Gasteiger partial charge in [0.15, 0.2) is 0 Å². The summed E-state index contributed by atoms with van der Waals surface area (Å²) in [5.41, 5.74) is -1.16. The molecular formula is C14H18ClF3N2O. The Morgan fingerprint density at radius 1 is 1.33 bits per heavy atom. The first-order valence-corrected chi connectivity index (χ1v) is 6.55. The zero-order valence-electron chi connectivity index (χ0n) is 11.6. The summed E-state index contributed by atoms with van der Waals surface area (Å²) in [5, 5.41) is 3.15. The van der Waals surface area contributed by atoms with Gasteiger partial charge in [-0.2, -0.15) is 13.2 Å². The smallest absolute Gasteiger partial charge is 0.337 e. The molecule has 0 saturated carbocycles. The van der Waals surface area contributed by atoms with Crippen molar-refractivity contribution >= 4 is 18.3 Å². The fraction of sp³-hybridized carbons (Fsp3) is 0.500. The quantitative estimate of drug-likeness (QED) is 0.908. The number of alkyl halides is 3. The van der Waals surface area contributed by atoms with Crippen LogP contribution in [0.5, 0.6) is 0 Å². The maximum Gasteiger partial charge on any atom is 0.417 e. The van der Waals surface area contributed by atoms with Crippen LogP contribution in [0.15, 0.2) is 24.3 Å². The topological polar surface area (TPSA) is 32.3 Å². The highest BCUT2D eigenvalue weighted by Crippen LogP contribution is 2.32. The molecule has 21 heavy (non-hydrogen) atoms. The van der Waals surface area contributed by atoms with Gasteiger partial charge in [-0.25, -0.2) is 0 Å². The molecule has 1 fully saturated rings. The molecule has 7 heteroatoms. The third kappa shape index (κ3) is 4.11. The van der Waals surface area contributed by atoms with E-state index in [1.54, 1.807) is 7.05 Å². The molecule has 1 aliphatic heterocycles. The Morgan fingerprint density at radius 3 is 2.57 bits per heavy atom. The average molecular weight is 323 g/mol. The van der Waals surface area contributed by atoms with Crippen LogP contribution < -0.4 is 5.32 Å². The summed E-state index contributed by atoms with van der Waals surface area (Å²) in [7, 11) is 1.56. The number of carbonyl (C=O) groups excluding carboxylic acids is 1. The second kappa shape index (κ2) is 7.13. The van der Waals surface area contributed by atoms with Gasteiger partial charge in [0.05, 0.1) is 11.1 Å². The fourth-order valence-electron chi connectivity index (χ4n) is 2.44. The molecule has 1 atom stereocenters. The van der Waals surface area contributed by atoms with E-state index in [-0.39, 0.29) is 24.0 Å². The fourth-order valence-corrected chi connectivity index (χ4v) is 2.44. The molecule has 1 aromatic rings. The summed E-state index contributed by atoms with van der Waals surface area (Å²) in [6.45, 7) is 1.51. The molecule has 3 nitrogen and oxygen atoms in total. The minimum atomic E-state index is -4.52. The highest BCUT2D eigenvalue weighted by Gasteiger charge is 2.36. The molecule has 1 heterocycles. The van der Waals surface area contributed by atoms with E-state index in [0.717, 1.165) is 25.5 Å². The number of likely N-dealkylation sites (N-methyl/N-ethyl adjacent to an activating group) is 1. The van der Waals surface area contributed by atoms with Crippen LogP contribution >= 0.6 is 12.4 Å². The SMILES string of the molecule is CN(C(=O)c1ccccc1C(F)(F)F)C1CCCNC1.Cl. The van der Waals surface area contributed by atoms with Gasteiger partial charge in [-0.1, -0.05) is 12.1 Å². The van der Waals surface area contributed by atoms with Gasteiger partial charge in [0.1, 0.15) is 0 Å². The van der Waals surface area contributed by atoms with Crippen LogP contribution in [0.2, 0.25) is 0 Å². The molecule has 0 aliphatic carbocycles. The van der Waals surface area contributed by atoms with Crippen LogP contribution in [0.3, 0.4) is 0 Å². The summed E-state index contributed by atoms with van der Waals surface area (Å²) in [6.07, 6.45) is -2.79. The number of nitrogens with zero attached hydrogens (tertiary/aromatic N) is 1. The van der Waals surface area contributed by atoms with Crippen molar-refractivity contribution in [1.29, 1.82) is 0 Å². The lowest BCUT2D eigenvalue weighted by Crippen LogP contribution is -2.47. The van der Waals surface area contributed by atoms with Crippen molar-refractivity contribution < 1.29 is 18.0 Å². The Morgan fingerprint density at radius 2 is 2.00 bits per heavy atom. The number of amides is 1. The first-order valence-electron chi connectivity index (χ1n) is 6.55. The minimum Gasteiger partial charge on any atom is -0.337 e. The van der Waals surface area contributed by atoms with Crippen LogP contribution in [0, 0.1) is 0 Å². The van der Waals surface area contributed by atoms with E-state index >= 15 is 0 Å². The number of halogens is 4. The molecule has 0 aromatic heterocycles. The summed E-state index contributed by atoms with van der Waals surface area (Å²) in [6, 6.07) is 4.87. The van der Waals surface area contributed by atoms with E-state index in [4.69, 9.17) is 0 Å². The number of carbonyl (C=O) groups is 1. The van der Waals surface area contributed by atoms with Gasteiger partial charge in [0, 0.05) is 19.6 Å². The second-order valence-electron chi connectivity index (χ2n) is 4.96. The highest BCUT2D eigenvalue weighted by atomic mass is 35.5. The number of hydrogen-bond acceptors (Lipinski definition) is 2. The van der Waals surface area contributed by atoms with Crippen molar-refractivity contribution in [3.05, 3.63) is 35.4 Å². The summed E-state index contributed by atoms with van der Waals surface area (Å²) < 4.78 is 38.8. The number of hydrogen-bond donors (Lipinski definition) is 1. The number of rotatable bonds is 2. The predicted octanol–water partition coefficient (Wildman–Crippen LogP) is 2.95. The number of nitrogens with one attached hydrogen (secondary N) is 1. The van der Waals surface area contributed by atoms with E-state index in [1.165, 1.54) is 23.1 Å². The molecule has 1 unspecified atom stereocenters. The lowest BCUT2D eigenvalue weighted by molar-refractivity contribution is -0.138. The third-order valence-corrected chi connectivity index (χ3v) is 3.60. The Balaban J connectivity index is 0.00000220. The standard InChI is InChI=1S/C14H17F3N2O.ClH/c1-19(10-5-4-8-18-9-10)13(20)11-6-2-3-7-12(11)14(15,16)17;/h2-3,6-7,10,18H,4-5,8-9H2,1H3;1H. The van der Waals surface area contributed by atoms with Crippen LogP contribution in [0.25, 0.3) is 0 Å². The van der Waals surface area contributed by atoms with Gasteiger partial charge in [-0.05, 0) is 31.5 Å². The van der Waals surface area contributed by atoms with Crippen molar-refractivity contribution in [3.8, 4) is 0 Å². The molecule has 1 aliphatic rings. The van der Waals surface area contributed by atoms with E-state index in [2.05, 4.69) is 5.32 Å². The summed E-state index contributed by atoms with van der Waals surface area (Å²) >= 11 is 0. The summed E-state index contributed by atoms with van der Waals surface area (Å²) in [4.78, 5) is 13.7. The van der Waals surface area contributed by atoms with Crippen molar-refractivity contribution in [2.24, 2.45) is 0 Å². The van der Waals surface area contributed by atoms with E-state index in [0.29, 0.717) is 6.54 Å². The number of piperidine rings is 1. The molecule has 1 N–H and O–H groups in total. The maximum absolute atomic E-state index is 12.9. The van der Waals surface area contributed by atoms with Crippen molar-refractivity contribution in [2.75, 3.05) is 20.1 Å². The normalized spacial score (nSPS) is 18.8. The molecule has 118 valence electrons. The van der Waals surface area contributed by atoms with Crippen LogP contribution in [0.4, 0.5) is 13.2 Å². The first kappa shape index (κ1) is 17.8. The molecule has 0 spiro atoms. The van der Waals surface area contributed by atoms with Gasteiger partial charge < -0.3 is 10.2 Å². The molecule has 0 radical (unpaired) electrons. The van der Waals surface area contributed by atoms with E-state index in [9.17, 15) is 18.0 Å². The van der Waals surface area contributed by atoms with E-state index in [1.807, 2.05) is 0 Å². The third-order valence-electron chi connectivity index (χ3n) is 3.60. The average Bonchev–Trinajstić information content (AvgIpc) is 2.46. The second-order valence-corrected chi connectivity index (χ2v) is 4.96. The van der Waals surface area contributed by atoms with Gasteiger partial charge in [0.2, 0.25) is 0 Å². The molecule has 0 bridgehead atoms. The first-order chi connectivity index (χ1) is 9.41. The maximum atomic E-state index is 12.9. The zero-order valence-corrected chi connectivity index (χ0v) is 12.4. The van der Waals surface area contributed by atoms with Crippen LogP contribution in [-0.2, 0) is 6.18 Å². The Labute approximate surface area is 127 Å².